The Morgan fingerprint density at radius 3 is 2.85 bits per heavy atom. The largest absolute Gasteiger partial charge is 0.0991 e. The van der Waals surface area contributed by atoms with Crippen LogP contribution in [0, 0.1) is 0 Å². The van der Waals surface area contributed by atoms with Crippen molar-refractivity contribution in [2.24, 2.45) is 0 Å². The highest BCUT2D eigenvalue weighted by Gasteiger charge is 2.11. The number of rotatable bonds is 1. The molecule has 1 aromatic carbocycles. The summed E-state index contributed by atoms with van der Waals surface area (Å²) in [5.41, 5.74) is 4.35. The Labute approximate surface area is 79.6 Å². The summed E-state index contributed by atoms with van der Waals surface area (Å²) in [6.45, 7) is 3.75. The third-order valence-electron chi connectivity index (χ3n) is 2.57. The van der Waals surface area contributed by atoms with Crippen LogP contribution in [-0.4, -0.2) is 0 Å². The van der Waals surface area contributed by atoms with Gasteiger partial charge in [-0.1, -0.05) is 43.0 Å². The lowest BCUT2D eigenvalue weighted by atomic mass is 9.87. The predicted octanol–water partition coefficient (Wildman–Crippen LogP) is 3.59. The van der Waals surface area contributed by atoms with Gasteiger partial charge in [0.2, 0.25) is 0 Å². The number of allylic oxidation sites excluding steroid dienone is 3. The van der Waals surface area contributed by atoms with Gasteiger partial charge in [-0.25, -0.2) is 0 Å². The van der Waals surface area contributed by atoms with Crippen molar-refractivity contribution in [3.63, 3.8) is 0 Å². The third kappa shape index (κ3) is 1.57. The van der Waals surface area contributed by atoms with Gasteiger partial charge in [-0.15, -0.1) is 0 Å². The Hall–Kier alpha value is -1.30. The summed E-state index contributed by atoms with van der Waals surface area (Å²) in [4.78, 5) is 0. The molecule has 1 aliphatic rings. The summed E-state index contributed by atoms with van der Waals surface area (Å²) in [5.74, 6) is 0. The molecule has 0 unspecified atom stereocenters. The minimum Gasteiger partial charge on any atom is -0.0991 e. The first-order valence-electron chi connectivity index (χ1n) is 4.81. The molecule has 0 aromatic heterocycles. The maximum Gasteiger partial charge on any atom is -0.0192 e. The van der Waals surface area contributed by atoms with Crippen molar-refractivity contribution < 1.29 is 0 Å². The van der Waals surface area contributed by atoms with Gasteiger partial charge in [0, 0.05) is 0 Å². The van der Waals surface area contributed by atoms with Crippen LogP contribution in [0.5, 0.6) is 0 Å². The van der Waals surface area contributed by atoms with E-state index in [4.69, 9.17) is 0 Å². The highest BCUT2D eigenvalue weighted by atomic mass is 14.2. The Morgan fingerprint density at radius 2 is 2.00 bits per heavy atom. The van der Waals surface area contributed by atoms with E-state index in [0.717, 1.165) is 0 Å². The van der Waals surface area contributed by atoms with Crippen molar-refractivity contribution in [2.75, 3.05) is 0 Å². The van der Waals surface area contributed by atoms with Gasteiger partial charge in [0.05, 0.1) is 0 Å². The van der Waals surface area contributed by atoms with Crippen molar-refractivity contribution >= 4 is 5.57 Å². The van der Waals surface area contributed by atoms with Crippen LogP contribution in [0.25, 0.3) is 5.57 Å². The van der Waals surface area contributed by atoms with Crippen LogP contribution in [0.4, 0.5) is 0 Å². The zero-order chi connectivity index (χ0) is 9.10. The fourth-order valence-corrected chi connectivity index (χ4v) is 1.97. The molecule has 2 rings (SSSR count). The Morgan fingerprint density at radius 1 is 1.15 bits per heavy atom. The predicted molar refractivity (Wildman–Crippen MR) is 57.6 cm³/mol. The monoisotopic (exact) mass is 170 g/mol. The summed E-state index contributed by atoms with van der Waals surface area (Å²) in [5, 5.41) is 0. The maximum atomic E-state index is 3.75. The summed E-state index contributed by atoms with van der Waals surface area (Å²) in [6.07, 6.45) is 7.72. The molecular formula is C13H14. The van der Waals surface area contributed by atoms with Gasteiger partial charge >= 0.3 is 0 Å². The zero-order valence-electron chi connectivity index (χ0n) is 7.79. The van der Waals surface area contributed by atoms with E-state index in [1.165, 1.54) is 36.0 Å². The van der Waals surface area contributed by atoms with Gasteiger partial charge in [-0.2, -0.15) is 0 Å². The average Bonchev–Trinajstić information content (AvgIpc) is 2.19. The first-order valence-corrected chi connectivity index (χ1v) is 4.81. The molecule has 0 heteroatoms. The highest BCUT2D eigenvalue weighted by Crippen LogP contribution is 2.30. The molecule has 0 aliphatic heterocycles. The van der Waals surface area contributed by atoms with E-state index in [-0.39, 0.29) is 0 Å². The van der Waals surface area contributed by atoms with E-state index in [0.29, 0.717) is 0 Å². The van der Waals surface area contributed by atoms with E-state index in [9.17, 15) is 0 Å². The molecule has 1 aliphatic carbocycles. The van der Waals surface area contributed by atoms with Crippen LogP contribution in [0.3, 0.4) is 0 Å². The Bertz CT molecular complexity index is 345. The standard InChI is InChI=1S/C13H14/c1-2-6-11-8-5-9-12-7-3-4-10-13(11)12/h2-4,6-7,10H,1,5,8-9H2/b11-6-. The van der Waals surface area contributed by atoms with Crippen LogP contribution < -0.4 is 0 Å². The van der Waals surface area contributed by atoms with Crippen LogP contribution >= 0.6 is 0 Å². The normalized spacial score (nSPS) is 18.3. The molecule has 0 saturated carbocycles. The molecule has 0 spiro atoms. The molecule has 0 radical (unpaired) electrons. The van der Waals surface area contributed by atoms with E-state index in [1.807, 2.05) is 6.08 Å². The number of aryl methyl sites for hydroxylation is 1. The Kier molecular flexibility index (Phi) is 2.31. The van der Waals surface area contributed by atoms with Crippen LogP contribution in [0.2, 0.25) is 0 Å². The van der Waals surface area contributed by atoms with Gasteiger partial charge in [0.25, 0.3) is 0 Å². The number of hydrogen-bond donors (Lipinski definition) is 0. The minimum absolute atomic E-state index is 1.20. The first kappa shape index (κ1) is 8.31. The van der Waals surface area contributed by atoms with Gasteiger partial charge < -0.3 is 0 Å². The summed E-state index contributed by atoms with van der Waals surface area (Å²) < 4.78 is 0. The van der Waals surface area contributed by atoms with Crippen LogP contribution in [-0.2, 0) is 6.42 Å². The molecular weight excluding hydrogens is 156 g/mol. The van der Waals surface area contributed by atoms with Crippen LogP contribution in [0.1, 0.15) is 24.0 Å². The molecule has 1 aromatic rings. The van der Waals surface area contributed by atoms with Gasteiger partial charge in [0.1, 0.15) is 0 Å². The lowest BCUT2D eigenvalue weighted by molar-refractivity contribution is 0.822. The summed E-state index contributed by atoms with van der Waals surface area (Å²) >= 11 is 0. The quantitative estimate of drug-likeness (QED) is 0.604. The summed E-state index contributed by atoms with van der Waals surface area (Å²) in [7, 11) is 0. The second kappa shape index (κ2) is 3.61. The second-order valence-electron chi connectivity index (χ2n) is 3.44. The molecule has 0 atom stereocenters. The van der Waals surface area contributed by atoms with Crippen molar-refractivity contribution in [2.45, 2.75) is 19.3 Å². The number of hydrogen-bond acceptors (Lipinski definition) is 0. The SMILES string of the molecule is C=C/C=C1/CCCc2ccccc21. The fraction of sp³-hybridized carbons (Fsp3) is 0.231. The second-order valence-corrected chi connectivity index (χ2v) is 3.44. The zero-order valence-corrected chi connectivity index (χ0v) is 7.79. The van der Waals surface area contributed by atoms with Gasteiger partial charge in [-0.3, -0.25) is 0 Å². The molecule has 0 amide bonds. The van der Waals surface area contributed by atoms with Crippen LogP contribution in [0.15, 0.2) is 43.0 Å². The maximum absolute atomic E-state index is 3.75. The minimum atomic E-state index is 1.20. The van der Waals surface area contributed by atoms with Crippen molar-refractivity contribution in [1.29, 1.82) is 0 Å². The lowest BCUT2D eigenvalue weighted by Crippen LogP contribution is -2.00. The highest BCUT2D eigenvalue weighted by molar-refractivity contribution is 5.70. The summed E-state index contributed by atoms with van der Waals surface area (Å²) in [6, 6.07) is 8.67. The molecule has 0 fully saturated rings. The topological polar surface area (TPSA) is 0 Å². The molecule has 0 heterocycles. The van der Waals surface area contributed by atoms with Crippen molar-refractivity contribution in [3.05, 3.63) is 54.1 Å². The average molecular weight is 170 g/mol. The van der Waals surface area contributed by atoms with Crippen molar-refractivity contribution in [1.82, 2.24) is 0 Å². The number of benzene rings is 1. The molecule has 0 bridgehead atoms. The van der Waals surface area contributed by atoms with Gasteiger partial charge in [-0.05, 0) is 36.0 Å². The molecule has 0 N–H and O–H groups in total. The smallest absolute Gasteiger partial charge is 0.0192 e. The number of fused-ring (bicyclic) bond motifs is 1. The molecule has 0 nitrogen and oxygen atoms in total. The lowest BCUT2D eigenvalue weighted by Gasteiger charge is -2.18. The molecule has 13 heavy (non-hydrogen) atoms. The fourth-order valence-electron chi connectivity index (χ4n) is 1.97. The molecule has 66 valence electrons. The van der Waals surface area contributed by atoms with Gasteiger partial charge in [0.15, 0.2) is 0 Å². The van der Waals surface area contributed by atoms with E-state index < -0.39 is 0 Å². The van der Waals surface area contributed by atoms with E-state index in [1.54, 1.807) is 0 Å². The van der Waals surface area contributed by atoms with E-state index in [2.05, 4.69) is 36.9 Å². The van der Waals surface area contributed by atoms with Crippen molar-refractivity contribution in [3.8, 4) is 0 Å². The van der Waals surface area contributed by atoms with E-state index >= 15 is 0 Å². The Balaban J connectivity index is 2.48. The first-order chi connectivity index (χ1) is 6.42. The third-order valence-corrected chi connectivity index (χ3v) is 2.57. The molecule has 0 saturated heterocycles.